The SMILES string of the molecule is COc1ccc(C=C2SC(N3CCN(S(=O)(=O)c4cnn(C)c4)CC3)=NC2=O)cc1O. The molecule has 0 saturated carbocycles. The smallest absolute Gasteiger partial charge is 0.286 e. The highest BCUT2D eigenvalue weighted by Crippen LogP contribution is 2.33. The van der Waals surface area contributed by atoms with Gasteiger partial charge in [0, 0.05) is 39.4 Å². The summed E-state index contributed by atoms with van der Waals surface area (Å²) >= 11 is 1.24. The number of aromatic nitrogens is 2. The van der Waals surface area contributed by atoms with Gasteiger partial charge in [0.15, 0.2) is 16.7 Å². The highest BCUT2D eigenvalue weighted by atomic mass is 32.2. The number of rotatable bonds is 4. The number of methoxy groups -OCH3 is 1. The number of sulfonamides is 1. The number of phenolic OH excluding ortho intramolecular Hbond substituents is 1. The molecular formula is C19H21N5O5S2. The molecule has 0 atom stereocenters. The van der Waals surface area contributed by atoms with Gasteiger partial charge in [-0.1, -0.05) is 6.07 Å². The molecule has 1 amide bonds. The molecule has 0 spiro atoms. The molecule has 1 aromatic carbocycles. The van der Waals surface area contributed by atoms with Gasteiger partial charge in [-0.15, -0.1) is 0 Å². The molecule has 31 heavy (non-hydrogen) atoms. The summed E-state index contributed by atoms with van der Waals surface area (Å²) < 4.78 is 33.4. The molecule has 2 aliphatic rings. The molecule has 10 nitrogen and oxygen atoms in total. The number of carbonyl (C=O) groups excluding carboxylic acids is 1. The van der Waals surface area contributed by atoms with Crippen molar-refractivity contribution in [3.63, 3.8) is 0 Å². The third-order valence-corrected chi connectivity index (χ3v) is 7.83. The molecule has 12 heteroatoms. The summed E-state index contributed by atoms with van der Waals surface area (Å²) in [6, 6.07) is 4.87. The summed E-state index contributed by atoms with van der Waals surface area (Å²) in [5.41, 5.74) is 0.651. The fourth-order valence-corrected chi connectivity index (χ4v) is 5.66. The van der Waals surface area contributed by atoms with Crippen molar-refractivity contribution in [2.24, 2.45) is 12.0 Å². The summed E-state index contributed by atoms with van der Waals surface area (Å²) in [7, 11) is -0.464. The van der Waals surface area contributed by atoms with E-state index >= 15 is 0 Å². The van der Waals surface area contributed by atoms with Gasteiger partial charge in [0.05, 0.1) is 18.2 Å². The first kappa shape index (κ1) is 21.4. The number of benzene rings is 1. The summed E-state index contributed by atoms with van der Waals surface area (Å²) in [4.78, 5) is 19.0. The van der Waals surface area contributed by atoms with E-state index in [1.807, 2.05) is 4.90 Å². The van der Waals surface area contributed by atoms with Crippen LogP contribution in [-0.4, -0.2) is 76.9 Å². The molecule has 0 bridgehead atoms. The number of amidine groups is 1. The lowest BCUT2D eigenvalue weighted by Crippen LogP contribution is -2.49. The van der Waals surface area contributed by atoms with Gasteiger partial charge >= 0.3 is 0 Å². The number of phenols is 1. The number of amides is 1. The van der Waals surface area contributed by atoms with Gasteiger partial charge in [-0.3, -0.25) is 9.48 Å². The largest absolute Gasteiger partial charge is 0.504 e. The van der Waals surface area contributed by atoms with Crippen molar-refractivity contribution in [2.75, 3.05) is 33.3 Å². The third-order valence-electron chi connectivity index (χ3n) is 4.94. The lowest BCUT2D eigenvalue weighted by molar-refractivity contribution is -0.113. The first-order chi connectivity index (χ1) is 14.8. The Morgan fingerprint density at radius 1 is 1.23 bits per heavy atom. The van der Waals surface area contributed by atoms with Crippen LogP contribution in [0.3, 0.4) is 0 Å². The lowest BCUT2D eigenvalue weighted by atomic mass is 10.2. The second-order valence-electron chi connectivity index (χ2n) is 6.98. The van der Waals surface area contributed by atoms with Gasteiger partial charge in [-0.05, 0) is 35.5 Å². The second-order valence-corrected chi connectivity index (χ2v) is 9.93. The number of aliphatic imine (C=N–C) groups is 1. The summed E-state index contributed by atoms with van der Waals surface area (Å²) in [6.07, 6.45) is 4.47. The van der Waals surface area contributed by atoms with Crippen LogP contribution in [0.5, 0.6) is 11.5 Å². The van der Waals surface area contributed by atoms with Gasteiger partial charge in [0.25, 0.3) is 5.91 Å². The monoisotopic (exact) mass is 463 g/mol. The summed E-state index contributed by atoms with van der Waals surface area (Å²) in [5.74, 6) is -0.0244. The molecule has 0 unspecified atom stereocenters. The third kappa shape index (κ3) is 4.31. The minimum atomic E-state index is -3.60. The lowest BCUT2D eigenvalue weighted by Gasteiger charge is -2.34. The Kier molecular flexibility index (Phi) is 5.77. The Morgan fingerprint density at radius 3 is 2.58 bits per heavy atom. The molecular weight excluding hydrogens is 442 g/mol. The minimum Gasteiger partial charge on any atom is -0.504 e. The topological polar surface area (TPSA) is 117 Å². The zero-order chi connectivity index (χ0) is 22.2. The highest BCUT2D eigenvalue weighted by Gasteiger charge is 2.33. The number of thioether (sulfide) groups is 1. The van der Waals surface area contributed by atoms with E-state index in [1.165, 1.54) is 46.3 Å². The molecule has 1 aromatic heterocycles. The molecule has 0 radical (unpaired) electrons. The maximum atomic E-state index is 12.7. The molecule has 0 aliphatic carbocycles. The number of hydrogen-bond donors (Lipinski definition) is 1. The maximum Gasteiger partial charge on any atom is 0.286 e. The molecule has 2 aliphatic heterocycles. The van der Waals surface area contributed by atoms with E-state index < -0.39 is 10.0 Å². The van der Waals surface area contributed by atoms with Crippen LogP contribution in [0.25, 0.3) is 6.08 Å². The van der Waals surface area contributed by atoms with E-state index in [9.17, 15) is 18.3 Å². The molecule has 1 N–H and O–H groups in total. The quantitative estimate of drug-likeness (QED) is 0.670. The van der Waals surface area contributed by atoms with Crippen LogP contribution in [0.15, 0.2) is 45.4 Å². The Morgan fingerprint density at radius 2 is 1.97 bits per heavy atom. The number of aromatic hydroxyl groups is 1. The molecule has 3 heterocycles. The van der Waals surface area contributed by atoms with Gasteiger partial charge in [0.2, 0.25) is 10.0 Å². The first-order valence-electron chi connectivity index (χ1n) is 9.41. The van der Waals surface area contributed by atoms with Gasteiger partial charge in [-0.2, -0.15) is 14.4 Å². The van der Waals surface area contributed by atoms with Crippen LogP contribution >= 0.6 is 11.8 Å². The van der Waals surface area contributed by atoms with Crippen molar-refractivity contribution < 1.29 is 23.1 Å². The van der Waals surface area contributed by atoms with Crippen LogP contribution in [0.4, 0.5) is 0 Å². The molecule has 164 valence electrons. The van der Waals surface area contributed by atoms with Crippen LogP contribution in [-0.2, 0) is 21.9 Å². The Balaban J connectivity index is 1.41. The fourth-order valence-electron chi connectivity index (χ4n) is 3.28. The van der Waals surface area contributed by atoms with Gasteiger partial charge < -0.3 is 14.7 Å². The summed E-state index contributed by atoms with van der Waals surface area (Å²) in [6.45, 7) is 1.43. The van der Waals surface area contributed by atoms with Crippen LogP contribution in [0.1, 0.15) is 5.56 Å². The number of nitrogens with zero attached hydrogens (tertiary/aromatic N) is 5. The second kappa shape index (κ2) is 8.36. The van der Waals surface area contributed by atoms with Crippen LogP contribution < -0.4 is 4.74 Å². The van der Waals surface area contributed by atoms with Crippen molar-refractivity contribution >= 4 is 38.9 Å². The van der Waals surface area contributed by atoms with Crippen molar-refractivity contribution in [3.8, 4) is 11.5 Å². The molecule has 4 rings (SSSR count). The average Bonchev–Trinajstić information content (AvgIpc) is 3.35. The minimum absolute atomic E-state index is 0.0145. The maximum absolute atomic E-state index is 12.7. The number of aryl methyl sites for hydroxylation is 1. The van der Waals surface area contributed by atoms with E-state index in [2.05, 4.69) is 10.1 Å². The Hall–Kier alpha value is -2.83. The number of piperazine rings is 1. The normalized spacial score (nSPS) is 19.2. The Labute approximate surface area is 183 Å². The number of carbonyl (C=O) groups is 1. The van der Waals surface area contributed by atoms with Gasteiger partial charge in [-0.25, -0.2) is 8.42 Å². The van der Waals surface area contributed by atoms with Crippen LogP contribution in [0, 0.1) is 0 Å². The predicted molar refractivity (Wildman–Crippen MR) is 116 cm³/mol. The standard InChI is InChI=1S/C19H21N5O5S2/c1-22-12-14(11-20-22)31(27,28)24-7-5-23(6-8-24)19-21-18(26)17(30-19)10-13-3-4-16(29-2)15(25)9-13/h3-4,9-12,25H,5-8H2,1-2H3. The van der Waals surface area contributed by atoms with Crippen LogP contribution in [0.2, 0.25) is 0 Å². The molecule has 2 aromatic rings. The van der Waals surface area contributed by atoms with Crippen molar-refractivity contribution in [1.82, 2.24) is 19.0 Å². The average molecular weight is 464 g/mol. The zero-order valence-corrected chi connectivity index (χ0v) is 18.6. The van der Waals surface area contributed by atoms with E-state index in [-0.39, 0.29) is 29.6 Å². The predicted octanol–water partition coefficient (Wildman–Crippen LogP) is 1.11. The van der Waals surface area contributed by atoms with E-state index in [0.717, 1.165) is 0 Å². The van der Waals surface area contributed by atoms with E-state index in [4.69, 9.17) is 4.74 Å². The highest BCUT2D eigenvalue weighted by molar-refractivity contribution is 8.18. The van der Waals surface area contributed by atoms with Crippen molar-refractivity contribution in [3.05, 3.63) is 41.1 Å². The number of hydrogen-bond acceptors (Lipinski definition) is 8. The van der Waals surface area contributed by atoms with Crippen molar-refractivity contribution in [2.45, 2.75) is 4.90 Å². The molecule has 1 saturated heterocycles. The van der Waals surface area contributed by atoms with Gasteiger partial charge in [0.1, 0.15) is 4.90 Å². The zero-order valence-electron chi connectivity index (χ0n) is 16.9. The first-order valence-corrected chi connectivity index (χ1v) is 11.7. The fraction of sp³-hybridized carbons (Fsp3) is 0.316. The van der Waals surface area contributed by atoms with Crippen molar-refractivity contribution in [1.29, 1.82) is 0 Å². The molecule has 1 fully saturated rings. The van der Waals surface area contributed by atoms with E-state index in [0.29, 0.717) is 34.5 Å². The summed E-state index contributed by atoms with van der Waals surface area (Å²) in [5, 5.41) is 14.4. The Bertz CT molecular complexity index is 1180. The van der Waals surface area contributed by atoms with E-state index in [1.54, 1.807) is 25.3 Å². The number of ether oxygens (including phenoxy) is 1.